The van der Waals surface area contributed by atoms with Crippen LogP contribution in [-0.4, -0.2) is 51.4 Å². The fraction of sp³-hybridized carbons (Fsp3) is 0.722. The number of hydrogen-bond donors (Lipinski definition) is 2. The molecule has 0 radical (unpaired) electrons. The van der Waals surface area contributed by atoms with E-state index in [1.165, 1.54) is 4.57 Å². The standard InChI is InChI=1S/C18H30N4O3/c1-4-21(5-2)12-11-19-13(3)15-16(23)20-18(25)22(17(15)24)14-9-7-6-8-10-14/h14,24H,4-12H2,1-3H3,(H,20,23,25). The van der Waals surface area contributed by atoms with Gasteiger partial charge in [0.15, 0.2) is 0 Å². The molecule has 2 rings (SSSR count). The van der Waals surface area contributed by atoms with Crippen molar-refractivity contribution in [3.8, 4) is 5.88 Å². The first-order valence-electron chi connectivity index (χ1n) is 9.31. The first-order chi connectivity index (χ1) is 12.0. The van der Waals surface area contributed by atoms with E-state index in [-0.39, 0.29) is 17.5 Å². The molecule has 1 heterocycles. The van der Waals surface area contributed by atoms with E-state index in [4.69, 9.17) is 0 Å². The number of aromatic nitrogens is 2. The Labute approximate surface area is 148 Å². The van der Waals surface area contributed by atoms with Gasteiger partial charge in [0.05, 0.1) is 6.54 Å². The second-order valence-electron chi connectivity index (χ2n) is 6.61. The Morgan fingerprint density at radius 2 is 1.88 bits per heavy atom. The highest BCUT2D eigenvalue weighted by atomic mass is 16.3. The second kappa shape index (κ2) is 8.99. The Hall–Kier alpha value is -1.89. The smallest absolute Gasteiger partial charge is 0.331 e. The average Bonchev–Trinajstić information content (AvgIpc) is 2.59. The first kappa shape index (κ1) is 19.4. The van der Waals surface area contributed by atoms with Crippen LogP contribution in [0.25, 0.3) is 0 Å². The van der Waals surface area contributed by atoms with Crippen molar-refractivity contribution < 1.29 is 5.11 Å². The molecule has 0 atom stereocenters. The van der Waals surface area contributed by atoms with Crippen LogP contribution in [0.15, 0.2) is 14.6 Å². The number of hydrogen-bond acceptors (Lipinski definition) is 5. The van der Waals surface area contributed by atoms with Crippen molar-refractivity contribution in [2.24, 2.45) is 4.99 Å². The van der Waals surface area contributed by atoms with Crippen molar-refractivity contribution >= 4 is 5.71 Å². The van der Waals surface area contributed by atoms with E-state index in [9.17, 15) is 14.7 Å². The lowest BCUT2D eigenvalue weighted by molar-refractivity contribution is 0.298. The predicted molar refractivity (Wildman–Crippen MR) is 100.0 cm³/mol. The molecule has 2 N–H and O–H groups in total. The Morgan fingerprint density at radius 1 is 1.24 bits per heavy atom. The highest BCUT2D eigenvalue weighted by Gasteiger charge is 2.23. The van der Waals surface area contributed by atoms with Crippen molar-refractivity contribution in [3.63, 3.8) is 0 Å². The van der Waals surface area contributed by atoms with E-state index in [1.54, 1.807) is 6.92 Å². The monoisotopic (exact) mass is 350 g/mol. The van der Waals surface area contributed by atoms with Crippen LogP contribution in [0.4, 0.5) is 0 Å². The van der Waals surface area contributed by atoms with Gasteiger partial charge in [-0.2, -0.15) is 0 Å². The van der Waals surface area contributed by atoms with Gasteiger partial charge in [-0.15, -0.1) is 0 Å². The maximum absolute atomic E-state index is 12.2. The fourth-order valence-corrected chi connectivity index (χ4v) is 3.52. The molecule has 1 saturated carbocycles. The zero-order valence-electron chi connectivity index (χ0n) is 15.5. The number of aliphatic imine (C=N–C) groups is 1. The summed E-state index contributed by atoms with van der Waals surface area (Å²) in [5.74, 6) is -0.246. The largest absolute Gasteiger partial charge is 0.494 e. The van der Waals surface area contributed by atoms with Gasteiger partial charge < -0.3 is 10.0 Å². The zero-order valence-corrected chi connectivity index (χ0v) is 15.5. The van der Waals surface area contributed by atoms with Gasteiger partial charge in [0.25, 0.3) is 5.56 Å². The number of nitrogens with one attached hydrogen (secondary N) is 1. The molecule has 0 aromatic carbocycles. The molecule has 7 heteroatoms. The Balaban J connectivity index is 2.30. The van der Waals surface area contributed by atoms with Crippen LogP contribution in [0.5, 0.6) is 5.88 Å². The summed E-state index contributed by atoms with van der Waals surface area (Å²) in [6, 6.07) is -0.0553. The van der Waals surface area contributed by atoms with Gasteiger partial charge in [-0.3, -0.25) is 19.3 Å². The summed E-state index contributed by atoms with van der Waals surface area (Å²) in [5.41, 5.74) is -0.520. The quantitative estimate of drug-likeness (QED) is 0.735. The summed E-state index contributed by atoms with van der Waals surface area (Å²) in [7, 11) is 0. The minimum absolute atomic E-state index is 0.0553. The van der Waals surface area contributed by atoms with Crippen LogP contribution in [-0.2, 0) is 0 Å². The van der Waals surface area contributed by atoms with Gasteiger partial charge >= 0.3 is 5.69 Å². The molecule has 0 saturated heterocycles. The van der Waals surface area contributed by atoms with E-state index in [1.807, 2.05) is 0 Å². The number of H-pyrrole nitrogens is 1. The van der Waals surface area contributed by atoms with Crippen molar-refractivity contribution in [2.45, 2.75) is 58.9 Å². The molecule has 0 amide bonds. The topological polar surface area (TPSA) is 90.7 Å². The van der Waals surface area contributed by atoms with Crippen LogP contribution in [0, 0.1) is 0 Å². The summed E-state index contributed by atoms with van der Waals surface area (Å²) in [6.07, 6.45) is 4.90. The Kier molecular flexibility index (Phi) is 6.99. The number of aromatic hydroxyl groups is 1. The summed E-state index contributed by atoms with van der Waals surface area (Å²) in [4.78, 5) is 33.5. The molecule has 1 aliphatic carbocycles. The molecule has 140 valence electrons. The van der Waals surface area contributed by atoms with E-state index in [0.717, 1.165) is 51.7 Å². The number of nitrogens with zero attached hydrogens (tertiary/aromatic N) is 3. The highest BCUT2D eigenvalue weighted by molar-refractivity contribution is 6.00. The van der Waals surface area contributed by atoms with Gasteiger partial charge in [-0.25, -0.2) is 4.79 Å². The Morgan fingerprint density at radius 3 is 2.48 bits per heavy atom. The summed E-state index contributed by atoms with van der Waals surface area (Å²) in [5, 5.41) is 10.6. The fourth-order valence-electron chi connectivity index (χ4n) is 3.52. The van der Waals surface area contributed by atoms with Gasteiger partial charge in [-0.05, 0) is 32.9 Å². The summed E-state index contributed by atoms with van der Waals surface area (Å²) in [6.45, 7) is 9.14. The molecular weight excluding hydrogens is 320 g/mol. The van der Waals surface area contributed by atoms with Gasteiger partial charge in [0.1, 0.15) is 5.56 Å². The molecule has 1 aromatic rings. The summed E-state index contributed by atoms with van der Waals surface area (Å²) >= 11 is 0. The van der Waals surface area contributed by atoms with Crippen molar-refractivity contribution in [2.75, 3.05) is 26.2 Å². The molecule has 25 heavy (non-hydrogen) atoms. The molecule has 0 spiro atoms. The predicted octanol–water partition coefficient (Wildman–Crippen LogP) is 1.90. The molecule has 1 aliphatic rings. The van der Waals surface area contributed by atoms with Crippen molar-refractivity contribution in [1.29, 1.82) is 0 Å². The molecule has 7 nitrogen and oxygen atoms in total. The summed E-state index contributed by atoms with van der Waals surface area (Å²) < 4.78 is 1.35. The first-order valence-corrected chi connectivity index (χ1v) is 9.31. The van der Waals surface area contributed by atoms with Crippen LogP contribution in [0.3, 0.4) is 0 Å². The maximum atomic E-state index is 12.2. The number of aromatic amines is 1. The average molecular weight is 350 g/mol. The molecular formula is C18H30N4O3. The lowest BCUT2D eigenvalue weighted by Gasteiger charge is -2.25. The van der Waals surface area contributed by atoms with Gasteiger partial charge in [0, 0.05) is 18.3 Å². The van der Waals surface area contributed by atoms with Crippen LogP contribution < -0.4 is 11.2 Å². The van der Waals surface area contributed by atoms with Gasteiger partial charge in [-0.1, -0.05) is 33.1 Å². The Bertz CT molecular complexity index is 710. The number of likely N-dealkylation sites (N-methyl/N-ethyl adjacent to an activating group) is 1. The van der Waals surface area contributed by atoms with Crippen molar-refractivity contribution in [3.05, 3.63) is 26.4 Å². The third-order valence-electron chi connectivity index (χ3n) is 5.08. The normalized spacial score (nSPS) is 16.6. The van der Waals surface area contributed by atoms with Crippen LogP contribution >= 0.6 is 0 Å². The second-order valence-corrected chi connectivity index (χ2v) is 6.61. The van der Waals surface area contributed by atoms with E-state index < -0.39 is 11.2 Å². The minimum atomic E-state index is -0.571. The third kappa shape index (κ3) is 4.60. The van der Waals surface area contributed by atoms with Crippen molar-refractivity contribution in [1.82, 2.24) is 14.5 Å². The number of rotatable bonds is 7. The van der Waals surface area contributed by atoms with Crippen LogP contribution in [0.2, 0.25) is 0 Å². The molecule has 1 fully saturated rings. The lowest BCUT2D eigenvalue weighted by Crippen LogP contribution is -2.36. The maximum Gasteiger partial charge on any atom is 0.331 e. The molecule has 0 aliphatic heterocycles. The van der Waals surface area contributed by atoms with E-state index in [0.29, 0.717) is 12.3 Å². The zero-order chi connectivity index (χ0) is 18.4. The van der Waals surface area contributed by atoms with Crippen LogP contribution in [0.1, 0.15) is 64.5 Å². The van der Waals surface area contributed by atoms with Gasteiger partial charge in [0.2, 0.25) is 5.88 Å². The molecule has 0 bridgehead atoms. The lowest BCUT2D eigenvalue weighted by atomic mass is 9.95. The van der Waals surface area contributed by atoms with E-state index in [2.05, 4.69) is 28.7 Å². The third-order valence-corrected chi connectivity index (χ3v) is 5.08. The highest BCUT2D eigenvalue weighted by Crippen LogP contribution is 2.30. The van der Waals surface area contributed by atoms with E-state index >= 15 is 0 Å². The SMILES string of the molecule is CCN(CC)CCN=C(C)c1c(O)n(C2CCCCC2)c(=O)[nH]c1=O. The molecule has 1 aromatic heterocycles. The molecule has 0 unspecified atom stereocenters. The minimum Gasteiger partial charge on any atom is -0.494 e.